The number of amides is 2. The number of nitrogens with two attached hydrogens (primary N) is 1. The molecule has 2 amide bonds. The smallest absolute Gasteiger partial charge is 0.394 e. The van der Waals surface area contributed by atoms with Crippen LogP contribution < -0.4 is 26.4 Å². The van der Waals surface area contributed by atoms with Crippen molar-refractivity contribution in [1.82, 2.24) is 25.6 Å². The highest BCUT2D eigenvalue weighted by molar-refractivity contribution is 7.89. The van der Waals surface area contributed by atoms with E-state index in [9.17, 15) is 27.6 Å². The van der Waals surface area contributed by atoms with Crippen molar-refractivity contribution in [2.24, 2.45) is 11.7 Å². The van der Waals surface area contributed by atoms with Crippen LogP contribution >= 0.6 is 0 Å². The van der Waals surface area contributed by atoms with E-state index in [1.165, 1.54) is 12.1 Å². The molecule has 0 radical (unpaired) electrons. The van der Waals surface area contributed by atoms with Crippen LogP contribution in [0.1, 0.15) is 38.5 Å². The highest BCUT2D eigenvalue weighted by atomic mass is 32.2. The summed E-state index contributed by atoms with van der Waals surface area (Å²) in [6, 6.07) is 10.7. The van der Waals surface area contributed by atoms with Gasteiger partial charge in [-0.1, -0.05) is 30.3 Å². The second-order valence-corrected chi connectivity index (χ2v) is 12.5. The zero-order valence-corrected chi connectivity index (χ0v) is 25.3. The van der Waals surface area contributed by atoms with E-state index >= 15 is 0 Å². The number of unbranched alkanes of at least 4 members (excludes halogenated alkanes) is 1. The summed E-state index contributed by atoms with van der Waals surface area (Å²) in [4.78, 5) is 49.4. The zero-order valence-electron chi connectivity index (χ0n) is 24.5. The average molecular weight is 632 g/mol. The number of carbonyl (C=O) groups excluding carboxylic acids is 3. The van der Waals surface area contributed by atoms with Gasteiger partial charge in [-0.3, -0.25) is 19.8 Å². The lowest BCUT2D eigenvalue weighted by Gasteiger charge is -2.33. The third kappa shape index (κ3) is 10.9. The molecule has 2 aromatic carbocycles. The Morgan fingerprint density at radius 1 is 1.02 bits per heavy atom. The molecule has 0 unspecified atom stereocenters. The molecule has 0 saturated carbocycles. The molecule has 0 bridgehead atoms. The minimum absolute atomic E-state index is 0.0138. The van der Waals surface area contributed by atoms with Crippen LogP contribution in [0.5, 0.6) is 0 Å². The van der Waals surface area contributed by atoms with Crippen molar-refractivity contribution in [2.45, 2.75) is 49.5 Å². The van der Waals surface area contributed by atoms with E-state index in [-0.39, 0.29) is 36.2 Å². The van der Waals surface area contributed by atoms with E-state index in [0.717, 1.165) is 23.6 Å². The first-order valence-corrected chi connectivity index (χ1v) is 16.1. The van der Waals surface area contributed by atoms with Gasteiger partial charge in [0.1, 0.15) is 0 Å². The number of piperidine rings is 1. The van der Waals surface area contributed by atoms with Crippen LogP contribution in [0.25, 0.3) is 10.8 Å². The van der Waals surface area contributed by atoms with Crippen LogP contribution in [0.15, 0.2) is 47.4 Å². The Morgan fingerprint density at radius 3 is 2.50 bits per heavy atom. The Kier molecular flexibility index (Phi) is 13.0. The molecule has 3 rings (SSSR count). The Labute approximate surface area is 256 Å². The van der Waals surface area contributed by atoms with Gasteiger partial charge in [-0.25, -0.2) is 17.9 Å². The molecule has 1 aliphatic heterocycles. The van der Waals surface area contributed by atoms with Crippen molar-refractivity contribution in [3.63, 3.8) is 0 Å². The van der Waals surface area contributed by atoms with Crippen molar-refractivity contribution in [1.29, 1.82) is 5.41 Å². The normalized spacial score (nSPS) is 15.8. The summed E-state index contributed by atoms with van der Waals surface area (Å²) in [5, 5.41) is 25.9. The van der Waals surface area contributed by atoms with Gasteiger partial charge in [0, 0.05) is 45.6 Å². The maximum atomic E-state index is 13.3. The molecule has 2 atom stereocenters. The van der Waals surface area contributed by atoms with Crippen molar-refractivity contribution < 1.29 is 32.7 Å². The van der Waals surface area contributed by atoms with Crippen LogP contribution in [-0.2, 0) is 29.2 Å². The van der Waals surface area contributed by atoms with Crippen LogP contribution in [0, 0.1) is 11.3 Å². The van der Waals surface area contributed by atoms with Gasteiger partial charge in [0.05, 0.1) is 10.9 Å². The average Bonchev–Trinajstić information content (AvgIpc) is 3.00. The van der Waals surface area contributed by atoms with E-state index in [2.05, 4.69) is 20.7 Å². The third-order valence-corrected chi connectivity index (χ3v) is 8.83. The number of rotatable bonds is 16. The van der Waals surface area contributed by atoms with Gasteiger partial charge in [-0.15, -0.1) is 0 Å². The lowest BCUT2D eigenvalue weighted by Crippen LogP contribution is -2.47. The van der Waals surface area contributed by atoms with Crippen LogP contribution in [0.3, 0.4) is 0 Å². The van der Waals surface area contributed by atoms with Crippen molar-refractivity contribution in [2.75, 3.05) is 39.3 Å². The zero-order chi connectivity index (χ0) is 32.1. The van der Waals surface area contributed by atoms with Gasteiger partial charge in [0.2, 0.25) is 15.9 Å². The fourth-order valence-electron chi connectivity index (χ4n) is 4.97. The standard InChI is InChI=1S/C29H41N7O7S/c30-29(31)36-15-5-6-20(19-36)18-34-26(38)17-24(25(37)9-3-4-12-32-13-14-33-27(39)28(40)41)35-44(42,43)23-11-10-21-7-1-2-8-22(21)16-23/h1-2,7-8,10-11,16,20,24,32,35H,3-6,9,12-15,17-19H2,(H3,30,31)(H,33,39)(H,34,38)(H,40,41)/t20-,24-/m0/s1. The lowest BCUT2D eigenvalue weighted by atomic mass is 9.98. The number of benzene rings is 2. The van der Waals surface area contributed by atoms with E-state index in [0.29, 0.717) is 45.6 Å². The van der Waals surface area contributed by atoms with Gasteiger partial charge in [0.15, 0.2) is 11.7 Å². The number of likely N-dealkylation sites (tertiary alicyclic amines) is 1. The summed E-state index contributed by atoms with van der Waals surface area (Å²) in [7, 11) is -4.14. The number of ketones is 1. The first kappa shape index (κ1) is 34.4. The predicted molar refractivity (Wildman–Crippen MR) is 164 cm³/mol. The molecule has 14 nitrogen and oxygen atoms in total. The Balaban J connectivity index is 1.58. The summed E-state index contributed by atoms with van der Waals surface area (Å²) < 4.78 is 29.1. The monoisotopic (exact) mass is 631 g/mol. The van der Waals surface area contributed by atoms with Crippen molar-refractivity contribution in [3.8, 4) is 0 Å². The lowest BCUT2D eigenvalue weighted by molar-refractivity contribution is -0.150. The number of carboxylic acid groups (broad SMARTS) is 1. The molecular weight excluding hydrogens is 590 g/mol. The molecule has 8 N–H and O–H groups in total. The van der Waals surface area contributed by atoms with Crippen LogP contribution in [0.4, 0.5) is 0 Å². The molecular formula is C29H41N7O7S. The maximum Gasteiger partial charge on any atom is 0.394 e. The van der Waals surface area contributed by atoms with Crippen LogP contribution in [0.2, 0.25) is 0 Å². The van der Waals surface area contributed by atoms with Gasteiger partial charge in [0.25, 0.3) is 0 Å². The van der Waals surface area contributed by atoms with Gasteiger partial charge in [-0.05, 0) is 61.1 Å². The van der Waals surface area contributed by atoms with E-state index in [4.69, 9.17) is 16.2 Å². The maximum absolute atomic E-state index is 13.3. The number of guanidine groups is 1. The number of hydrogen-bond acceptors (Lipinski definition) is 8. The Morgan fingerprint density at radius 2 is 1.77 bits per heavy atom. The molecule has 15 heteroatoms. The minimum atomic E-state index is -4.14. The molecule has 2 aromatic rings. The number of aliphatic carboxylic acids is 1. The number of Topliss-reactive ketones (excluding diaryl/α,β-unsaturated/α-hetero) is 1. The third-order valence-electron chi connectivity index (χ3n) is 7.36. The fourth-order valence-corrected chi connectivity index (χ4v) is 6.22. The number of nitrogens with zero attached hydrogens (tertiary/aromatic N) is 1. The quantitative estimate of drug-likeness (QED) is 0.0574. The molecule has 1 fully saturated rings. The minimum Gasteiger partial charge on any atom is -0.474 e. The van der Waals surface area contributed by atoms with Crippen molar-refractivity contribution >= 4 is 50.3 Å². The first-order valence-electron chi connectivity index (χ1n) is 14.6. The second kappa shape index (κ2) is 16.7. The Bertz CT molecular complexity index is 1450. The highest BCUT2D eigenvalue weighted by Gasteiger charge is 2.28. The van der Waals surface area contributed by atoms with Gasteiger partial charge >= 0.3 is 11.9 Å². The SMILES string of the molecule is N=C(N)N1CCC[C@@H](CNC(=O)C[C@H](NS(=O)(=O)c2ccc3ccccc3c2)C(=O)CCCCNCCNC(=O)C(=O)O)C1. The largest absolute Gasteiger partial charge is 0.474 e. The number of carbonyl (C=O) groups is 4. The highest BCUT2D eigenvalue weighted by Crippen LogP contribution is 2.20. The Hall–Kier alpha value is -4.08. The topological polar surface area (TPSA) is 224 Å². The van der Waals surface area contributed by atoms with E-state index in [1.54, 1.807) is 23.1 Å². The molecule has 44 heavy (non-hydrogen) atoms. The van der Waals surface area contributed by atoms with Gasteiger partial charge < -0.3 is 31.7 Å². The van der Waals surface area contributed by atoms with E-state index in [1.807, 2.05) is 12.1 Å². The summed E-state index contributed by atoms with van der Waals surface area (Å²) in [6.45, 7) is 2.50. The number of sulfonamides is 1. The number of fused-ring (bicyclic) bond motifs is 1. The number of nitrogens with one attached hydrogen (secondary N) is 5. The molecule has 1 heterocycles. The summed E-state index contributed by atoms with van der Waals surface area (Å²) in [5.41, 5.74) is 5.60. The molecule has 1 saturated heterocycles. The predicted octanol–water partition coefficient (Wildman–Crippen LogP) is 0.128. The number of carboxylic acids is 1. The summed E-state index contributed by atoms with van der Waals surface area (Å²) in [6.07, 6.45) is 2.33. The number of hydrogen-bond donors (Lipinski definition) is 7. The molecule has 0 aromatic heterocycles. The molecule has 0 spiro atoms. The fraction of sp³-hybridized carbons (Fsp3) is 0.483. The summed E-state index contributed by atoms with van der Waals surface area (Å²) in [5.74, 6) is -3.47. The van der Waals surface area contributed by atoms with Crippen molar-refractivity contribution in [3.05, 3.63) is 42.5 Å². The summed E-state index contributed by atoms with van der Waals surface area (Å²) >= 11 is 0. The molecule has 1 aliphatic rings. The van der Waals surface area contributed by atoms with Gasteiger partial charge in [-0.2, -0.15) is 0 Å². The molecule has 240 valence electrons. The van der Waals surface area contributed by atoms with Crippen LogP contribution in [-0.4, -0.2) is 93.3 Å². The van der Waals surface area contributed by atoms with E-state index < -0.39 is 39.6 Å². The first-order chi connectivity index (χ1) is 21.0. The second-order valence-electron chi connectivity index (χ2n) is 10.8. The molecule has 0 aliphatic carbocycles.